The van der Waals surface area contributed by atoms with Crippen LogP contribution in [0.4, 0.5) is 0 Å². The smallest absolute Gasteiger partial charge is 0.336 e. The van der Waals surface area contributed by atoms with Crippen LogP contribution in [-0.4, -0.2) is 24.5 Å². The first kappa shape index (κ1) is 18.9. The third kappa shape index (κ3) is 4.18. The zero-order valence-corrected chi connectivity index (χ0v) is 16.5. The lowest BCUT2D eigenvalue weighted by atomic mass is 10.0. The highest BCUT2D eigenvalue weighted by molar-refractivity contribution is 5.80. The molecule has 1 atom stereocenters. The summed E-state index contributed by atoms with van der Waals surface area (Å²) >= 11 is 0. The maximum atomic E-state index is 12.0. The van der Waals surface area contributed by atoms with Crippen LogP contribution in [0, 0.1) is 0 Å². The van der Waals surface area contributed by atoms with E-state index in [1.54, 1.807) is 6.07 Å². The highest BCUT2D eigenvalue weighted by Gasteiger charge is 2.23. The third-order valence-corrected chi connectivity index (χ3v) is 5.72. The minimum atomic E-state index is -0.281. The van der Waals surface area contributed by atoms with Gasteiger partial charge in [-0.2, -0.15) is 0 Å². The summed E-state index contributed by atoms with van der Waals surface area (Å²) in [7, 11) is 0. The molecule has 0 aliphatic carbocycles. The van der Waals surface area contributed by atoms with Crippen molar-refractivity contribution in [2.75, 3.05) is 19.6 Å². The second kappa shape index (κ2) is 8.72. The van der Waals surface area contributed by atoms with Gasteiger partial charge in [0.15, 0.2) is 0 Å². The molecule has 0 spiro atoms. The summed E-state index contributed by atoms with van der Waals surface area (Å²) in [5, 5.41) is 4.62. The van der Waals surface area contributed by atoms with Crippen molar-refractivity contribution in [2.24, 2.45) is 0 Å². The largest absolute Gasteiger partial charge is 0.423 e. The fraction of sp³-hybridized carbons (Fsp3) is 0.375. The number of nitrogens with zero attached hydrogens (tertiary/aromatic N) is 1. The third-order valence-electron chi connectivity index (χ3n) is 5.72. The Balaban J connectivity index is 1.52. The van der Waals surface area contributed by atoms with Gasteiger partial charge in [-0.1, -0.05) is 49.4 Å². The first-order valence-corrected chi connectivity index (χ1v) is 10.3. The first-order valence-electron chi connectivity index (χ1n) is 10.3. The molecule has 4 nitrogen and oxygen atoms in total. The van der Waals surface area contributed by atoms with Gasteiger partial charge < -0.3 is 9.73 Å². The SMILES string of the molecule is CCc1ccc2c(CNC[C@@H](c3ccccc3)N3CCCC3)cc(=O)oc2c1. The van der Waals surface area contributed by atoms with E-state index < -0.39 is 0 Å². The Bertz CT molecular complexity index is 975. The van der Waals surface area contributed by atoms with Crippen molar-refractivity contribution in [1.29, 1.82) is 0 Å². The van der Waals surface area contributed by atoms with Crippen LogP contribution in [0.3, 0.4) is 0 Å². The molecule has 1 aliphatic heterocycles. The van der Waals surface area contributed by atoms with Gasteiger partial charge in [0.25, 0.3) is 0 Å². The zero-order chi connectivity index (χ0) is 19.3. The maximum Gasteiger partial charge on any atom is 0.336 e. The lowest BCUT2D eigenvalue weighted by Gasteiger charge is -2.28. The predicted molar refractivity (Wildman–Crippen MR) is 114 cm³/mol. The summed E-state index contributed by atoms with van der Waals surface area (Å²) in [4.78, 5) is 14.6. The van der Waals surface area contributed by atoms with Gasteiger partial charge in [0.05, 0.1) is 0 Å². The normalized spacial score (nSPS) is 15.9. The molecule has 0 radical (unpaired) electrons. The van der Waals surface area contributed by atoms with Crippen LogP contribution in [0.5, 0.6) is 0 Å². The number of nitrogens with one attached hydrogen (secondary N) is 1. The molecule has 0 bridgehead atoms. The first-order chi connectivity index (χ1) is 13.7. The summed E-state index contributed by atoms with van der Waals surface area (Å²) in [6.07, 6.45) is 3.47. The van der Waals surface area contributed by atoms with Gasteiger partial charge in [-0.25, -0.2) is 4.79 Å². The van der Waals surface area contributed by atoms with E-state index in [4.69, 9.17) is 4.42 Å². The van der Waals surface area contributed by atoms with Crippen molar-refractivity contribution >= 4 is 11.0 Å². The number of hydrogen-bond donors (Lipinski definition) is 1. The molecule has 4 heteroatoms. The predicted octanol–water partition coefficient (Wildman–Crippen LogP) is 4.28. The number of hydrogen-bond acceptors (Lipinski definition) is 4. The summed E-state index contributed by atoms with van der Waals surface area (Å²) in [6, 6.07) is 18.9. The molecule has 1 aromatic heterocycles. The average Bonchev–Trinajstić information content (AvgIpc) is 3.25. The lowest BCUT2D eigenvalue weighted by Crippen LogP contribution is -2.34. The quantitative estimate of drug-likeness (QED) is 0.625. The van der Waals surface area contributed by atoms with Crippen LogP contribution in [-0.2, 0) is 13.0 Å². The monoisotopic (exact) mass is 376 g/mol. The minimum Gasteiger partial charge on any atom is -0.423 e. The van der Waals surface area contributed by atoms with E-state index in [0.29, 0.717) is 18.2 Å². The zero-order valence-electron chi connectivity index (χ0n) is 16.5. The van der Waals surface area contributed by atoms with Gasteiger partial charge in [-0.05, 0) is 55.1 Å². The van der Waals surface area contributed by atoms with Gasteiger partial charge >= 0.3 is 5.63 Å². The highest BCUT2D eigenvalue weighted by Crippen LogP contribution is 2.25. The van der Waals surface area contributed by atoms with Gasteiger partial charge in [0.2, 0.25) is 0 Å². The number of benzene rings is 2. The second-order valence-corrected chi connectivity index (χ2v) is 7.58. The van der Waals surface area contributed by atoms with E-state index in [0.717, 1.165) is 37.0 Å². The van der Waals surface area contributed by atoms with E-state index in [2.05, 4.69) is 59.6 Å². The minimum absolute atomic E-state index is 0.281. The van der Waals surface area contributed by atoms with Crippen LogP contribution in [0.1, 0.15) is 42.5 Å². The maximum absolute atomic E-state index is 12.0. The van der Waals surface area contributed by atoms with Gasteiger partial charge in [0.1, 0.15) is 5.58 Å². The molecule has 28 heavy (non-hydrogen) atoms. The van der Waals surface area contributed by atoms with Crippen molar-refractivity contribution in [3.05, 3.63) is 81.7 Å². The average molecular weight is 377 g/mol. The van der Waals surface area contributed by atoms with Crippen molar-refractivity contribution in [2.45, 2.75) is 38.8 Å². The summed E-state index contributed by atoms with van der Waals surface area (Å²) < 4.78 is 5.43. The van der Waals surface area contributed by atoms with Crippen molar-refractivity contribution < 1.29 is 4.42 Å². The molecule has 0 amide bonds. The Morgan fingerprint density at radius 3 is 2.61 bits per heavy atom. The molecule has 2 aromatic carbocycles. The van der Waals surface area contributed by atoms with E-state index in [1.165, 1.54) is 24.0 Å². The van der Waals surface area contributed by atoms with Gasteiger partial charge in [-0.3, -0.25) is 4.90 Å². The topological polar surface area (TPSA) is 45.5 Å². The van der Waals surface area contributed by atoms with E-state index >= 15 is 0 Å². The van der Waals surface area contributed by atoms with E-state index in [1.807, 2.05) is 6.07 Å². The molecule has 4 rings (SSSR count). The molecule has 1 fully saturated rings. The van der Waals surface area contributed by atoms with Gasteiger partial charge in [-0.15, -0.1) is 0 Å². The Kier molecular flexibility index (Phi) is 5.89. The van der Waals surface area contributed by atoms with Crippen LogP contribution in [0.15, 0.2) is 63.8 Å². The molecule has 0 saturated carbocycles. The number of fused-ring (bicyclic) bond motifs is 1. The Hall–Kier alpha value is -2.43. The number of likely N-dealkylation sites (tertiary alicyclic amines) is 1. The summed E-state index contributed by atoms with van der Waals surface area (Å²) in [5.74, 6) is 0. The Morgan fingerprint density at radius 2 is 1.86 bits per heavy atom. The molecular formula is C24H28N2O2. The number of rotatable bonds is 7. The van der Waals surface area contributed by atoms with Crippen LogP contribution in [0.25, 0.3) is 11.0 Å². The molecule has 0 unspecified atom stereocenters. The standard InChI is InChI=1S/C24H28N2O2/c1-2-18-10-11-21-20(15-24(27)28-23(21)14-18)16-25-17-22(26-12-6-7-13-26)19-8-4-3-5-9-19/h3-5,8-11,14-15,22,25H,2,6-7,12-13,16-17H2,1H3/t22-/m0/s1. The van der Waals surface area contributed by atoms with Gasteiger partial charge in [0, 0.05) is 30.6 Å². The Labute approximate surface area is 166 Å². The lowest BCUT2D eigenvalue weighted by molar-refractivity contribution is 0.238. The van der Waals surface area contributed by atoms with E-state index in [9.17, 15) is 4.79 Å². The van der Waals surface area contributed by atoms with Crippen molar-refractivity contribution in [3.8, 4) is 0 Å². The van der Waals surface area contributed by atoms with Crippen LogP contribution < -0.4 is 10.9 Å². The van der Waals surface area contributed by atoms with Crippen molar-refractivity contribution in [1.82, 2.24) is 10.2 Å². The molecular weight excluding hydrogens is 348 g/mol. The molecule has 3 aromatic rings. The van der Waals surface area contributed by atoms with Crippen LogP contribution in [0.2, 0.25) is 0 Å². The molecule has 2 heterocycles. The van der Waals surface area contributed by atoms with E-state index in [-0.39, 0.29) is 5.63 Å². The molecule has 1 saturated heterocycles. The second-order valence-electron chi connectivity index (χ2n) is 7.58. The number of aryl methyl sites for hydroxylation is 1. The highest BCUT2D eigenvalue weighted by atomic mass is 16.4. The fourth-order valence-electron chi connectivity index (χ4n) is 4.17. The molecule has 146 valence electrons. The molecule has 1 N–H and O–H groups in total. The van der Waals surface area contributed by atoms with Crippen molar-refractivity contribution in [3.63, 3.8) is 0 Å². The summed E-state index contributed by atoms with van der Waals surface area (Å²) in [6.45, 7) is 5.92. The molecule has 1 aliphatic rings. The van der Waals surface area contributed by atoms with Crippen LogP contribution >= 0.6 is 0 Å². The Morgan fingerprint density at radius 1 is 1.07 bits per heavy atom. The summed E-state index contributed by atoms with van der Waals surface area (Å²) in [5.41, 5.74) is 3.93. The fourth-order valence-corrected chi connectivity index (χ4v) is 4.17.